The number of morpholine rings is 1. The van der Waals surface area contributed by atoms with Gasteiger partial charge >= 0.3 is 12.2 Å². The van der Waals surface area contributed by atoms with Crippen molar-refractivity contribution in [1.29, 1.82) is 0 Å². The Labute approximate surface area is 225 Å². The standard InChI is InChI=1S/C27H34F3N5O4/c1-18-2-3-21(32-25(36)35-5-4-19(14-35)13-27(28,29)30)12-22(18)20-10-23(31-15-26(37)16-39-17-26)33-24(11-20)34-6-8-38-9-7-34/h2-3,10-12,19,37H,4-9,13-17H2,1H3,(H,31,33)(H,32,36). The second kappa shape index (κ2) is 11.2. The molecule has 39 heavy (non-hydrogen) atoms. The van der Waals surface area contributed by atoms with Crippen LogP contribution >= 0.6 is 0 Å². The topological polar surface area (TPSA) is 99.2 Å². The number of aliphatic hydroxyl groups is 1. The van der Waals surface area contributed by atoms with Crippen LogP contribution in [0.25, 0.3) is 11.1 Å². The first-order valence-corrected chi connectivity index (χ1v) is 13.2. The number of amides is 2. The fourth-order valence-corrected chi connectivity index (χ4v) is 5.14. The third-order valence-electron chi connectivity index (χ3n) is 7.38. The second-order valence-corrected chi connectivity index (χ2v) is 10.6. The lowest BCUT2D eigenvalue weighted by Crippen LogP contribution is -2.54. The van der Waals surface area contributed by atoms with Crippen LogP contribution in [0.3, 0.4) is 0 Å². The van der Waals surface area contributed by atoms with Gasteiger partial charge in [-0.15, -0.1) is 0 Å². The maximum atomic E-state index is 12.8. The molecule has 0 spiro atoms. The van der Waals surface area contributed by atoms with E-state index in [2.05, 4.69) is 15.5 Å². The average Bonchev–Trinajstić information content (AvgIpc) is 3.35. The number of alkyl halides is 3. The summed E-state index contributed by atoms with van der Waals surface area (Å²) >= 11 is 0. The number of nitrogens with zero attached hydrogens (tertiary/aromatic N) is 3. The summed E-state index contributed by atoms with van der Waals surface area (Å²) in [5, 5.41) is 16.6. The Hall–Kier alpha value is -3.09. The van der Waals surface area contributed by atoms with Gasteiger partial charge in [-0.05, 0) is 60.2 Å². The van der Waals surface area contributed by atoms with Crippen molar-refractivity contribution in [1.82, 2.24) is 9.88 Å². The number of ether oxygens (including phenoxy) is 2. The molecule has 4 heterocycles. The van der Waals surface area contributed by atoms with Gasteiger partial charge in [-0.1, -0.05) is 6.07 Å². The van der Waals surface area contributed by atoms with E-state index in [1.54, 1.807) is 6.07 Å². The second-order valence-electron chi connectivity index (χ2n) is 10.6. The van der Waals surface area contributed by atoms with Crippen LogP contribution in [0.2, 0.25) is 0 Å². The van der Waals surface area contributed by atoms with Gasteiger partial charge in [0.25, 0.3) is 0 Å². The molecule has 2 amide bonds. The number of aromatic nitrogens is 1. The Bertz CT molecular complexity index is 1180. The first kappa shape index (κ1) is 27.5. The van der Waals surface area contributed by atoms with E-state index in [9.17, 15) is 23.1 Å². The average molecular weight is 550 g/mol. The number of aryl methyl sites for hydroxylation is 1. The van der Waals surface area contributed by atoms with Gasteiger partial charge in [-0.2, -0.15) is 13.2 Å². The number of anilines is 3. The van der Waals surface area contributed by atoms with Crippen LogP contribution in [-0.4, -0.2) is 92.0 Å². The number of nitrogens with one attached hydrogen (secondary N) is 2. The molecule has 3 saturated heterocycles. The number of likely N-dealkylation sites (tertiary alicyclic amines) is 1. The van der Waals surface area contributed by atoms with E-state index in [1.165, 1.54) is 4.90 Å². The van der Waals surface area contributed by atoms with E-state index in [0.29, 0.717) is 57.3 Å². The fourth-order valence-electron chi connectivity index (χ4n) is 5.14. The van der Waals surface area contributed by atoms with Crippen molar-refractivity contribution < 1.29 is 32.5 Å². The first-order chi connectivity index (χ1) is 18.6. The van der Waals surface area contributed by atoms with Gasteiger partial charge in [0.1, 0.15) is 17.2 Å². The number of benzene rings is 1. The van der Waals surface area contributed by atoms with E-state index in [1.807, 2.05) is 31.2 Å². The molecule has 5 rings (SSSR count). The highest BCUT2D eigenvalue weighted by molar-refractivity contribution is 5.91. The molecule has 2 aromatic rings. The zero-order valence-corrected chi connectivity index (χ0v) is 21.9. The molecule has 0 radical (unpaired) electrons. The summed E-state index contributed by atoms with van der Waals surface area (Å²) in [5.74, 6) is 0.808. The van der Waals surface area contributed by atoms with Crippen LogP contribution in [0.15, 0.2) is 30.3 Å². The minimum Gasteiger partial charge on any atom is -0.383 e. The van der Waals surface area contributed by atoms with Gasteiger partial charge in [-0.25, -0.2) is 9.78 Å². The van der Waals surface area contributed by atoms with Gasteiger partial charge in [0.15, 0.2) is 0 Å². The Morgan fingerprint density at radius 1 is 1.15 bits per heavy atom. The first-order valence-electron chi connectivity index (χ1n) is 13.2. The van der Waals surface area contributed by atoms with E-state index in [4.69, 9.17) is 14.5 Å². The summed E-state index contributed by atoms with van der Waals surface area (Å²) in [6.45, 7) is 5.80. The molecule has 3 fully saturated rings. The van der Waals surface area contributed by atoms with Crippen LogP contribution in [0, 0.1) is 12.8 Å². The number of carbonyl (C=O) groups is 1. The van der Waals surface area contributed by atoms with Crippen molar-refractivity contribution in [2.75, 3.05) is 74.7 Å². The lowest BCUT2D eigenvalue weighted by atomic mass is 9.99. The number of urea groups is 1. The van der Waals surface area contributed by atoms with Gasteiger partial charge in [-0.3, -0.25) is 0 Å². The molecule has 3 aliphatic rings. The largest absolute Gasteiger partial charge is 0.389 e. The molecule has 1 atom stereocenters. The van der Waals surface area contributed by atoms with Gasteiger partial charge in [0, 0.05) is 44.8 Å². The van der Waals surface area contributed by atoms with E-state index < -0.39 is 30.1 Å². The van der Waals surface area contributed by atoms with Gasteiger partial charge < -0.3 is 35.0 Å². The van der Waals surface area contributed by atoms with Crippen LogP contribution in [0.1, 0.15) is 18.4 Å². The summed E-state index contributed by atoms with van der Waals surface area (Å²) in [6, 6.07) is 9.05. The number of pyridine rings is 1. The number of hydrogen-bond acceptors (Lipinski definition) is 7. The van der Waals surface area contributed by atoms with Crippen molar-refractivity contribution in [3.8, 4) is 11.1 Å². The molecule has 0 saturated carbocycles. The van der Waals surface area contributed by atoms with Crippen LogP contribution in [0.4, 0.5) is 35.3 Å². The monoisotopic (exact) mass is 549 g/mol. The molecule has 12 heteroatoms. The van der Waals surface area contributed by atoms with Crippen LogP contribution in [-0.2, 0) is 9.47 Å². The van der Waals surface area contributed by atoms with Crippen molar-refractivity contribution in [2.24, 2.45) is 5.92 Å². The van der Waals surface area contributed by atoms with E-state index >= 15 is 0 Å². The van der Waals surface area contributed by atoms with Crippen molar-refractivity contribution >= 4 is 23.4 Å². The fraction of sp³-hybridized carbons (Fsp3) is 0.556. The molecule has 3 N–H and O–H groups in total. The van der Waals surface area contributed by atoms with E-state index in [-0.39, 0.29) is 19.8 Å². The predicted molar refractivity (Wildman–Crippen MR) is 141 cm³/mol. The maximum Gasteiger partial charge on any atom is 0.389 e. The molecule has 9 nitrogen and oxygen atoms in total. The predicted octanol–water partition coefficient (Wildman–Crippen LogP) is 3.87. The Morgan fingerprint density at radius 2 is 1.92 bits per heavy atom. The van der Waals surface area contributed by atoms with Crippen LogP contribution in [0.5, 0.6) is 0 Å². The zero-order valence-electron chi connectivity index (χ0n) is 21.9. The maximum absolute atomic E-state index is 12.8. The molecule has 0 aliphatic carbocycles. The summed E-state index contributed by atoms with van der Waals surface area (Å²) in [4.78, 5) is 21.2. The molecule has 3 aliphatic heterocycles. The summed E-state index contributed by atoms with van der Waals surface area (Å²) in [5.41, 5.74) is 2.38. The Balaban J connectivity index is 1.35. The highest BCUT2D eigenvalue weighted by Crippen LogP contribution is 2.33. The van der Waals surface area contributed by atoms with Crippen molar-refractivity contribution in [3.63, 3.8) is 0 Å². The van der Waals surface area contributed by atoms with Crippen molar-refractivity contribution in [3.05, 3.63) is 35.9 Å². The number of halogens is 3. The Kier molecular flexibility index (Phi) is 7.88. The SMILES string of the molecule is Cc1ccc(NC(=O)N2CCC(CC(F)(F)F)C2)cc1-c1cc(NCC2(O)COC2)nc(N2CCOCC2)c1. The quantitative estimate of drug-likeness (QED) is 0.482. The summed E-state index contributed by atoms with van der Waals surface area (Å²) < 4.78 is 49.0. The highest BCUT2D eigenvalue weighted by atomic mass is 19.4. The van der Waals surface area contributed by atoms with Gasteiger partial charge in [0.05, 0.1) is 26.4 Å². The number of hydrogen-bond donors (Lipinski definition) is 3. The third kappa shape index (κ3) is 6.92. The number of rotatable bonds is 7. The molecular weight excluding hydrogens is 515 g/mol. The molecule has 1 unspecified atom stereocenters. The summed E-state index contributed by atoms with van der Waals surface area (Å²) in [6.07, 6.45) is -4.77. The van der Waals surface area contributed by atoms with E-state index in [0.717, 1.165) is 22.5 Å². The smallest absolute Gasteiger partial charge is 0.383 e. The lowest BCUT2D eigenvalue weighted by Gasteiger charge is -2.36. The minimum absolute atomic E-state index is 0.0870. The summed E-state index contributed by atoms with van der Waals surface area (Å²) in [7, 11) is 0. The molecule has 0 bridgehead atoms. The highest BCUT2D eigenvalue weighted by Gasteiger charge is 2.37. The zero-order chi connectivity index (χ0) is 27.6. The molecule has 1 aromatic carbocycles. The Morgan fingerprint density at radius 3 is 2.62 bits per heavy atom. The molecular formula is C27H34F3N5O4. The third-order valence-corrected chi connectivity index (χ3v) is 7.38. The number of carbonyl (C=O) groups excluding carboxylic acids is 1. The molecule has 212 valence electrons. The molecule has 1 aromatic heterocycles. The minimum atomic E-state index is -4.23. The van der Waals surface area contributed by atoms with Gasteiger partial charge in [0.2, 0.25) is 0 Å². The van der Waals surface area contributed by atoms with Crippen molar-refractivity contribution in [2.45, 2.75) is 31.5 Å². The normalized spacial score (nSPS) is 21.0. The lowest BCUT2D eigenvalue weighted by molar-refractivity contribution is -0.168. The van der Waals surface area contributed by atoms with Crippen LogP contribution < -0.4 is 15.5 Å².